The number of para-hydroxylation sites is 2. The molecule has 0 saturated carbocycles. The fraction of sp³-hybridized carbons (Fsp3) is 0.111. The summed E-state index contributed by atoms with van der Waals surface area (Å²) in [4.78, 5) is 16.8. The Morgan fingerprint density at radius 1 is 0.905 bits per heavy atom. The van der Waals surface area contributed by atoms with Crippen LogP contribution in [0.25, 0.3) is 10.9 Å². The molecule has 0 aliphatic rings. The van der Waals surface area contributed by atoms with E-state index < -0.39 is 0 Å². The first-order valence-corrected chi connectivity index (χ1v) is 6.88. The number of rotatable bonds is 2. The van der Waals surface area contributed by atoms with Gasteiger partial charge in [0.1, 0.15) is 5.69 Å². The van der Waals surface area contributed by atoms with Crippen molar-refractivity contribution in [1.29, 1.82) is 0 Å². The lowest BCUT2D eigenvalue weighted by Gasteiger charge is -2.11. The number of hydrogen-bond acceptors (Lipinski definition) is 2. The topological polar surface area (TPSA) is 42.0 Å². The van der Waals surface area contributed by atoms with Crippen molar-refractivity contribution in [2.45, 2.75) is 13.8 Å². The van der Waals surface area contributed by atoms with Crippen molar-refractivity contribution in [3.63, 3.8) is 0 Å². The molecular weight excluding hydrogens is 260 g/mol. The molecule has 1 amide bonds. The third kappa shape index (κ3) is 2.63. The zero-order chi connectivity index (χ0) is 14.8. The van der Waals surface area contributed by atoms with Crippen LogP contribution in [0, 0.1) is 13.8 Å². The minimum absolute atomic E-state index is 0.182. The van der Waals surface area contributed by atoms with Gasteiger partial charge in [0.15, 0.2) is 0 Å². The second-order valence-electron chi connectivity index (χ2n) is 5.11. The van der Waals surface area contributed by atoms with Crippen LogP contribution in [-0.4, -0.2) is 10.9 Å². The van der Waals surface area contributed by atoms with Crippen molar-refractivity contribution < 1.29 is 4.79 Å². The lowest BCUT2D eigenvalue weighted by atomic mass is 10.1. The lowest BCUT2D eigenvalue weighted by molar-refractivity contribution is 0.102. The van der Waals surface area contributed by atoms with Gasteiger partial charge in [-0.25, -0.2) is 4.98 Å². The van der Waals surface area contributed by atoms with Crippen LogP contribution >= 0.6 is 0 Å². The number of carbonyl (C=O) groups is 1. The predicted molar refractivity (Wildman–Crippen MR) is 85.6 cm³/mol. The molecule has 104 valence electrons. The maximum atomic E-state index is 12.4. The first-order chi connectivity index (χ1) is 10.1. The number of amides is 1. The van der Waals surface area contributed by atoms with E-state index in [4.69, 9.17) is 0 Å². The molecule has 0 radical (unpaired) electrons. The van der Waals surface area contributed by atoms with Gasteiger partial charge in [-0.2, -0.15) is 0 Å². The van der Waals surface area contributed by atoms with Crippen LogP contribution in [0.5, 0.6) is 0 Å². The first kappa shape index (κ1) is 13.3. The minimum atomic E-state index is -0.182. The highest BCUT2D eigenvalue weighted by Crippen LogP contribution is 2.20. The van der Waals surface area contributed by atoms with Crippen molar-refractivity contribution in [3.05, 3.63) is 71.4 Å². The van der Waals surface area contributed by atoms with Crippen LogP contribution in [0.3, 0.4) is 0 Å². The van der Waals surface area contributed by atoms with Crippen molar-refractivity contribution in [2.24, 2.45) is 0 Å². The molecule has 0 saturated heterocycles. The molecule has 0 aliphatic carbocycles. The number of nitrogens with one attached hydrogen (secondary N) is 1. The van der Waals surface area contributed by atoms with Crippen LogP contribution < -0.4 is 5.32 Å². The standard InChI is InChI=1S/C18H16N2O/c1-12-6-5-7-13(2)17(12)20-18(21)16-11-10-14-8-3-4-9-15(14)19-16/h3-11H,1-2H3,(H,20,21). The molecule has 3 aromatic rings. The van der Waals surface area contributed by atoms with Crippen molar-refractivity contribution >= 4 is 22.5 Å². The molecule has 1 N–H and O–H groups in total. The number of hydrogen-bond donors (Lipinski definition) is 1. The van der Waals surface area contributed by atoms with Gasteiger partial charge in [0.25, 0.3) is 5.91 Å². The predicted octanol–water partition coefficient (Wildman–Crippen LogP) is 4.10. The molecule has 0 bridgehead atoms. The minimum Gasteiger partial charge on any atom is -0.320 e. The normalized spacial score (nSPS) is 10.6. The molecule has 0 aliphatic heterocycles. The van der Waals surface area contributed by atoms with Crippen LogP contribution in [0.1, 0.15) is 21.6 Å². The van der Waals surface area contributed by atoms with Crippen molar-refractivity contribution in [1.82, 2.24) is 4.98 Å². The van der Waals surface area contributed by atoms with Gasteiger partial charge in [-0.1, -0.05) is 42.5 Å². The van der Waals surface area contributed by atoms with Crippen LogP contribution in [0.2, 0.25) is 0 Å². The number of aryl methyl sites for hydroxylation is 2. The highest BCUT2D eigenvalue weighted by Gasteiger charge is 2.11. The van der Waals surface area contributed by atoms with E-state index in [0.717, 1.165) is 27.7 Å². The Morgan fingerprint density at radius 2 is 1.62 bits per heavy atom. The zero-order valence-corrected chi connectivity index (χ0v) is 12.1. The SMILES string of the molecule is Cc1cccc(C)c1NC(=O)c1ccc2ccccc2n1. The summed E-state index contributed by atoms with van der Waals surface area (Å²) in [7, 11) is 0. The summed E-state index contributed by atoms with van der Waals surface area (Å²) < 4.78 is 0. The monoisotopic (exact) mass is 276 g/mol. The van der Waals surface area contributed by atoms with E-state index in [1.54, 1.807) is 6.07 Å². The van der Waals surface area contributed by atoms with Gasteiger partial charge >= 0.3 is 0 Å². The van der Waals surface area contributed by atoms with E-state index >= 15 is 0 Å². The van der Waals surface area contributed by atoms with E-state index in [-0.39, 0.29) is 5.91 Å². The summed E-state index contributed by atoms with van der Waals surface area (Å²) >= 11 is 0. The van der Waals surface area contributed by atoms with Gasteiger partial charge in [-0.05, 0) is 37.1 Å². The molecule has 3 rings (SSSR count). The molecule has 2 aromatic carbocycles. The molecule has 0 spiro atoms. The maximum absolute atomic E-state index is 12.4. The Morgan fingerprint density at radius 3 is 2.38 bits per heavy atom. The number of anilines is 1. The highest BCUT2D eigenvalue weighted by molar-refractivity contribution is 6.04. The lowest BCUT2D eigenvalue weighted by Crippen LogP contribution is -2.15. The first-order valence-electron chi connectivity index (χ1n) is 6.88. The largest absolute Gasteiger partial charge is 0.320 e. The van der Waals surface area contributed by atoms with Crippen molar-refractivity contribution in [3.8, 4) is 0 Å². The number of nitrogens with zero attached hydrogens (tertiary/aromatic N) is 1. The molecule has 0 atom stereocenters. The van der Waals surface area contributed by atoms with Gasteiger partial charge in [0.2, 0.25) is 0 Å². The van der Waals surface area contributed by atoms with Gasteiger partial charge < -0.3 is 5.32 Å². The fourth-order valence-corrected chi connectivity index (χ4v) is 2.38. The van der Waals surface area contributed by atoms with Gasteiger partial charge in [-0.15, -0.1) is 0 Å². The van der Waals surface area contributed by atoms with Crippen LogP contribution in [0.4, 0.5) is 5.69 Å². The summed E-state index contributed by atoms with van der Waals surface area (Å²) in [5, 5.41) is 3.99. The summed E-state index contributed by atoms with van der Waals surface area (Å²) in [5.74, 6) is -0.182. The van der Waals surface area contributed by atoms with Gasteiger partial charge in [0.05, 0.1) is 5.52 Å². The summed E-state index contributed by atoms with van der Waals surface area (Å²) in [5.41, 5.74) is 4.20. The average molecular weight is 276 g/mol. The summed E-state index contributed by atoms with van der Waals surface area (Å²) in [6, 6.07) is 17.4. The molecule has 1 heterocycles. The quantitative estimate of drug-likeness (QED) is 0.765. The molecule has 3 heteroatoms. The van der Waals surface area contributed by atoms with Crippen molar-refractivity contribution in [2.75, 3.05) is 5.32 Å². The third-order valence-electron chi connectivity index (χ3n) is 3.55. The molecule has 21 heavy (non-hydrogen) atoms. The van der Waals surface area contributed by atoms with E-state index in [9.17, 15) is 4.79 Å². The smallest absolute Gasteiger partial charge is 0.274 e. The molecular formula is C18H16N2O. The Bertz CT molecular complexity index is 804. The molecule has 1 aromatic heterocycles. The van der Waals surface area contributed by atoms with E-state index in [1.807, 2.05) is 62.4 Å². The zero-order valence-electron chi connectivity index (χ0n) is 12.1. The summed E-state index contributed by atoms with van der Waals surface area (Å²) in [6.45, 7) is 3.97. The number of carbonyl (C=O) groups excluding carboxylic acids is 1. The number of benzene rings is 2. The van der Waals surface area contributed by atoms with Gasteiger partial charge in [0, 0.05) is 11.1 Å². The maximum Gasteiger partial charge on any atom is 0.274 e. The van der Waals surface area contributed by atoms with Crippen LogP contribution in [-0.2, 0) is 0 Å². The highest BCUT2D eigenvalue weighted by atomic mass is 16.1. The molecule has 0 fully saturated rings. The Hall–Kier alpha value is -2.68. The number of pyridine rings is 1. The van der Waals surface area contributed by atoms with Crippen LogP contribution in [0.15, 0.2) is 54.6 Å². The average Bonchev–Trinajstić information content (AvgIpc) is 2.50. The number of fused-ring (bicyclic) bond motifs is 1. The van der Waals surface area contributed by atoms with E-state index in [1.165, 1.54) is 0 Å². The number of aromatic nitrogens is 1. The summed E-state index contributed by atoms with van der Waals surface area (Å²) in [6.07, 6.45) is 0. The van der Waals surface area contributed by atoms with Gasteiger partial charge in [-0.3, -0.25) is 4.79 Å². The third-order valence-corrected chi connectivity index (χ3v) is 3.55. The second-order valence-corrected chi connectivity index (χ2v) is 5.11. The van der Waals surface area contributed by atoms with E-state index in [0.29, 0.717) is 5.69 Å². The Labute approximate surface area is 123 Å². The Balaban J connectivity index is 1.94. The van der Waals surface area contributed by atoms with E-state index in [2.05, 4.69) is 10.3 Å². The second kappa shape index (κ2) is 5.37. The Kier molecular flexibility index (Phi) is 3.40. The molecule has 0 unspecified atom stereocenters. The fourth-order valence-electron chi connectivity index (χ4n) is 2.38. The molecule has 3 nitrogen and oxygen atoms in total.